The Morgan fingerprint density at radius 1 is 0.909 bits per heavy atom. The summed E-state index contributed by atoms with van der Waals surface area (Å²) in [7, 11) is 1.49. The minimum atomic E-state index is -5.61. The van der Waals surface area contributed by atoms with Crippen molar-refractivity contribution in [1.82, 2.24) is 14.7 Å². The number of rotatable bonds is 7. The minimum absolute atomic E-state index is 0.00521. The van der Waals surface area contributed by atoms with Crippen molar-refractivity contribution >= 4 is 46.2 Å². The van der Waals surface area contributed by atoms with E-state index in [0.717, 1.165) is 17.2 Å². The summed E-state index contributed by atoms with van der Waals surface area (Å²) in [4.78, 5) is 48.3. The second-order valence-corrected chi connectivity index (χ2v) is 9.27. The fourth-order valence-electron chi connectivity index (χ4n) is 3.86. The Morgan fingerprint density at radius 2 is 1.57 bits per heavy atom. The summed E-state index contributed by atoms with van der Waals surface area (Å²) in [6.07, 6.45) is -9.86. The van der Waals surface area contributed by atoms with E-state index in [0.29, 0.717) is 17.0 Å². The number of carbonyl (C=O) groups is 2. The number of aryl methyl sites for hydroxylation is 3. The van der Waals surface area contributed by atoms with Crippen LogP contribution < -0.4 is 30.7 Å². The van der Waals surface area contributed by atoms with Crippen LogP contribution >= 0.6 is 0 Å². The van der Waals surface area contributed by atoms with Gasteiger partial charge < -0.3 is 29.4 Å². The number of fused-ring (bicyclic) bond motifs is 1. The predicted molar refractivity (Wildman–Crippen MR) is 140 cm³/mol. The number of halogens is 6. The molecule has 0 bridgehead atoms. The van der Waals surface area contributed by atoms with Crippen LogP contribution in [0.5, 0.6) is 11.5 Å². The van der Waals surface area contributed by atoms with Gasteiger partial charge in [-0.15, -0.1) is 0 Å². The number of ether oxygens (including phenoxy) is 2. The number of anilines is 4. The molecule has 0 aliphatic heterocycles. The van der Waals surface area contributed by atoms with Crippen LogP contribution in [0.15, 0.2) is 33.6 Å². The Bertz CT molecular complexity index is 1850. The van der Waals surface area contributed by atoms with E-state index in [1.165, 1.54) is 27.2 Å². The number of hydrogen-bond donors (Lipinski definition) is 2. The molecule has 0 aliphatic carbocycles. The standard InChI is InChI=1S/C26H21F6N5O7/c1-10-6-14(8-16(41-5)13(10)4)34-23-33-9-12(3)20(36-23)35-15-7-11(2)18-17(19(15)42-21(38)25(27,28)29)37(24(40)43-18)44-22(39)26(30,31)32/h6-9H,1-5H3,(H2,33,34,35,36). The molecule has 0 saturated carbocycles. The summed E-state index contributed by atoms with van der Waals surface area (Å²) in [5.74, 6) is -8.10. The molecule has 0 amide bonds. The average Bonchev–Trinajstić information content (AvgIpc) is 3.25. The number of methoxy groups -OCH3 is 1. The SMILES string of the molecule is COc1cc(Nc2ncc(C)c(Nc3cc(C)c4oc(=O)n(OC(=O)C(F)(F)F)c4c3OC(=O)C(F)(F)F)n2)cc(C)c1C. The molecule has 2 aromatic carbocycles. The topological polar surface area (TPSA) is 147 Å². The molecule has 2 N–H and O–H groups in total. The number of benzene rings is 2. The second-order valence-electron chi connectivity index (χ2n) is 9.27. The summed E-state index contributed by atoms with van der Waals surface area (Å²) < 4.78 is 92.7. The first-order valence-electron chi connectivity index (χ1n) is 12.2. The Labute approximate surface area is 242 Å². The van der Waals surface area contributed by atoms with Gasteiger partial charge in [0.1, 0.15) is 11.6 Å². The third-order valence-electron chi connectivity index (χ3n) is 6.10. The first-order valence-corrected chi connectivity index (χ1v) is 12.2. The maximum atomic E-state index is 13.2. The zero-order valence-corrected chi connectivity index (χ0v) is 23.3. The highest BCUT2D eigenvalue weighted by atomic mass is 19.4. The second kappa shape index (κ2) is 11.4. The lowest BCUT2D eigenvalue weighted by atomic mass is 10.1. The van der Waals surface area contributed by atoms with Crippen molar-refractivity contribution in [2.45, 2.75) is 40.0 Å². The first kappa shape index (κ1) is 31.6. The molecule has 12 nitrogen and oxygen atoms in total. The van der Waals surface area contributed by atoms with Crippen molar-refractivity contribution in [1.29, 1.82) is 0 Å². The Kier molecular flexibility index (Phi) is 8.21. The zero-order valence-electron chi connectivity index (χ0n) is 23.3. The smallest absolute Gasteiger partial charge is 0.493 e. The van der Waals surface area contributed by atoms with Gasteiger partial charge in [-0.2, -0.15) is 31.3 Å². The molecule has 0 unspecified atom stereocenters. The van der Waals surface area contributed by atoms with Crippen LogP contribution in [0.1, 0.15) is 22.3 Å². The number of alkyl halides is 6. The van der Waals surface area contributed by atoms with Gasteiger partial charge in [-0.05, 0) is 56.5 Å². The number of oxazole rings is 1. The predicted octanol–water partition coefficient (Wildman–Crippen LogP) is 5.10. The van der Waals surface area contributed by atoms with E-state index >= 15 is 0 Å². The molecule has 0 aliphatic rings. The van der Waals surface area contributed by atoms with E-state index in [1.54, 1.807) is 12.1 Å². The van der Waals surface area contributed by atoms with Crippen LogP contribution in [-0.4, -0.2) is 46.1 Å². The van der Waals surface area contributed by atoms with Gasteiger partial charge in [0.25, 0.3) is 0 Å². The lowest BCUT2D eigenvalue weighted by Gasteiger charge is -2.17. The fraction of sp³-hybridized carbons (Fsp3) is 0.269. The average molecular weight is 629 g/mol. The van der Waals surface area contributed by atoms with Crippen molar-refractivity contribution in [2.24, 2.45) is 0 Å². The van der Waals surface area contributed by atoms with E-state index in [1.807, 2.05) is 13.8 Å². The van der Waals surface area contributed by atoms with Crippen LogP contribution in [0.25, 0.3) is 11.1 Å². The van der Waals surface area contributed by atoms with Crippen LogP contribution in [0.4, 0.5) is 49.5 Å². The molecule has 2 aromatic heterocycles. The summed E-state index contributed by atoms with van der Waals surface area (Å²) in [5.41, 5.74) is 0.403. The number of aromatic nitrogens is 3. The van der Waals surface area contributed by atoms with Gasteiger partial charge in [0.2, 0.25) is 5.95 Å². The molecule has 0 saturated heterocycles. The molecule has 0 atom stereocenters. The van der Waals surface area contributed by atoms with E-state index in [4.69, 9.17) is 9.15 Å². The molecule has 0 spiro atoms. The van der Waals surface area contributed by atoms with Gasteiger partial charge in [0.15, 0.2) is 16.8 Å². The van der Waals surface area contributed by atoms with Crippen LogP contribution in [-0.2, 0) is 9.59 Å². The molecule has 44 heavy (non-hydrogen) atoms. The number of hydrogen-bond acceptors (Lipinski definition) is 11. The summed E-state index contributed by atoms with van der Waals surface area (Å²) in [6.45, 7) is 6.48. The van der Waals surface area contributed by atoms with Crippen molar-refractivity contribution in [3.05, 3.63) is 57.2 Å². The van der Waals surface area contributed by atoms with Crippen LogP contribution in [0, 0.1) is 27.7 Å². The molecule has 234 valence electrons. The number of nitrogens with zero attached hydrogens (tertiary/aromatic N) is 3. The normalized spacial score (nSPS) is 11.8. The molecule has 0 fully saturated rings. The van der Waals surface area contributed by atoms with Gasteiger partial charge >= 0.3 is 30.0 Å². The highest BCUT2D eigenvalue weighted by molar-refractivity contribution is 5.94. The van der Waals surface area contributed by atoms with Crippen LogP contribution in [0.2, 0.25) is 0 Å². The molecular formula is C26H21F6N5O7. The molecule has 4 rings (SSSR count). The number of nitrogens with one attached hydrogen (secondary N) is 2. The molecule has 4 aromatic rings. The Morgan fingerprint density at radius 3 is 2.18 bits per heavy atom. The van der Waals surface area contributed by atoms with Crippen molar-refractivity contribution < 1.29 is 54.7 Å². The number of esters is 1. The van der Waals surface area contributed by atoms with Gasteiger partial charge in [0.05, 0.1) is 12.8 Å². The summed E-state index contributed by atoms with van der Waals surface area (Å²) in [5, 5.41) is 5.59. The van der Waals surface area contributed by atoms with E-state index < -0.39 is 52.6 Å². The Balaban J connectivity index is 1.85. The van der Waals surface area contributed by atoms with Gasteiger partial charge in [-0.3, -0.25) is 0 Å². The van der Waals surface area contributed by atoms with Crippen LogP contribution in [0.3, 0.4) is 0 Å². The largest absolute Gasteiger partial charge is 0.496 e. The lowest BCUT2D eigenvalue weighted by molar-refractivity contribution is -0.200. The fourth-order valence-corrected chi connectivity index (χ4v) is 3.86. The summed E-state index contributed by atoms with van der Waals surface area (Å²) >= 11 is 0. The summed E-state index contributed by atoms with van der Waals surface area (Å²) in [6, 6.07) is 4.52. The van der Waals surface area contributed by atoms with E-state index in [2.05, 4.69) is 30.2 Å². The van der Waals surface area contributed by atoms with Gasteiger partial charge in [-0.25, -0.2) is 19.4 Å². The third-order valence-corrected chi connectivity index (χ3v) is 6.10. The zero-order chi connectivity index (χ0) is 32.7. The maximum Gasteiger partial charge on any atom is 0.493 e. The first-order chi connectivity index (χ1) is 20.4. The van der Waals surface area contributed by atoms with Crippen molar-refractivity contribution in [2.75, 3.05) is 17.7 Å². The molecule has 0 radical (unpaired) electrons. The van der Waals surface area contributed by atoms with Gasteiger partial charge in [-0.1, -0.05) is 4.73 Å². The monoisotopic (exact) mass is 629 g/mol. The molecule has 18 heteroatoms. The minimum Gasteiger partial charge on any atom is -0.496 e. The quantitative estimate of drug-likeness (QED) is 0.160. The van der Waals surface area contributed by atoms with Crippen molar-refractivity contribution in [3.8, 4) is 11.5 Å². The highest BCUT2D eigenvalue weighted by Crippen LogP contribution is 2.39. The van der Waals surface area contributed by atoms with E-state index in [-0.39, 0.29) is 22.1 Å². The molecule has 2 heterocycles. The van der Waals surface area contributed by atoms with E-state index in [9.17, 15) is 40.7 Å². The maximum absolute atomic E-state index is 13.2. The lowest BCUT2D eigenvalue weighted by Crippen LogP contribution is -2.37. The third kappa shape index (κ3) is 6.37. The Hall–Kier alpha value is -5.29. The van der Waals surface area contributed by atoms with Gasteiger partial charge in [0, 0.05) is 23.5 Å². The number of carbonyl (C=O) groups excluding carboxylic acids is 2. The molecular weight excluding hydrogens is 608 g/mol. The van der Waals surface area contributed by atoms with Crippen molar-refractivity contribution in [3.63, 3.8) is 0 Å². The highest BCUT2D eigenvalue weighted by Gasteiger charge is 2.44.